The van der Waals surface area contributed by atoms with Crippen LogP contribution in [0.3, 0.4) is 0 Å². The van der Waals surface area contributed by atoms with Crippen molar-refractivity contribution >= 4 is 28.9 Å². The Kier molecular flexibility index (Phi) is 6.93. The number of carbonyl (C=O) groups is 2. The van der Waals surface area contributed by atoms with E-state index in [2.05, 4.69) is 5.32 Å². The summed E-state index contributed by atoms with van der Waals surface area (Å²) in [4.78, 5) is 32.9. The zero-order chi connectivity index (χ0) is 24.3. The van der Waals surface area contributed by atoms with Gasteiger partial charge < -0.3 is 25.6 Å². The van der Waals surface area contributed by atoms with Crippen LogP contribution < -0.4 is 15.4 Å². The molecule has 0 heterocycles. The summed E-state index contributed by atoms with van der Waals surface area (Å²) >= 11 is 0. The number of hydrogen-bond acceptors (Lipinski definition) is 7. The van der Waals surface area contributed by atoms with Crippen LogP contribution in [-0.2, 0) is 15.8 Å². The van der Waals surface area contributed by atoms with Gasteiger partial charge in [0, 0.05) is 30.4 Å². The van der Waals surface area contributed by atoms with E-state index in [1.165, 1.54) is 25.1 Å². The van der Waals surface area contributed by atoms with Crippen molar-refractivity contribution in [3.8, 4) is 11.5 Å². The molecule has 1 atom stereocenters. The average Bonchev–Trinajstić information content (AvgIpc) is 2.66. The van der Waals surface area contributed by atoms with E-state index in [1.807, 2.05) is 5.32 Å². The van der Waals surface area contributed by atoms with Crippen molar-refractivity contribution < 1.29 is 42.6 Å². The third-order valence-electron chi connectivity index (χ3n) is 4.03. The van der Waals surface area contributed by atoms with Gasteiger partial charge in [-0.05, 0) is 31.2 Å². The fourth-order valence-electron chi connectivity index (χ4n) is 2.47. The first-order valence-corrected chi connectivity index (χ1v) is 8.83. The van der Waals surface area contributed by atoms with E-state index in [0.717, 1.165) is 13.0 Å². The van der Waals surface area contributed by atoms with Gasteiger partial charge in [0.2, 0.25) is 5.91 Å². The molecule has 0 aromatic heterocycles. The molecule has 13 heteroatoms. The summed E-state index contributed by atoms with van der Waals surface area (Å²) in [6.45, 7) is 1.58. The molecule has 0 fully saturated rings. The van der Waals surface area contributed by atoms with E-state index in [1.54, 1.807) is 0 Å². The summed E-state index contributed by atoms with van der Waals surface area (Å²) < 4.78 is 44.4. The number of nitro groups is 1. The van der Waals surface area contributed by atoms with Gasteiger partial charge in [-0.3, -0.25) is 19.7 Å². The number of nitrogens with one attached hydrogen (secondary N) is 2. The minimum absolute atomic E-state index is 0.137. The number of alkyl halides is 3. The lowest BCUT2D eigenvalue weighted by atomic mass is 10.1. The molecule has 0 aliphatic heterocycles. The van der Waals surface area contributed by atoms with Crippen LogP contribution in [0.2, 0.25) is 0 Å². The zero-order valence-electron chi connectivity index (χ0n) is 16.7. The van der Waals surface area contributed by atoms with Gasteiger partial charge in [0.25, 0.3) is 11.6 Å². The Morgan fingerprint density at radius 1 is 1.12 bits per heavy atom. The summed E-state index contributed by atoms with van der Waals surface area (Å²) in [5, 5.41) is 35.5. The lowest BCUT2D eigenvalue weighted by Gasteiger charge is -2.23. The number of ether oxygens (including phenoxy) is 1. The number of rotatable bonds is 7. The third-order valence-corrected chi connectivity index (χ3v) is 4.03. The highest BCUT2D eigenvalue weighted by molar-refractivity contribution is 5.97. The van der Waals surface area contributed by atoms with Crippen LogP contribution in [0.1, 0.15) is 19.4 Å². The van der Waals surface area contributed by atoms with Crippen molar-refractivity contribution in [2.75, 3.05) is 17.2 Å². The SMILES string of the molecule is CC(=O)Nc1ccc(OC[C@](C)(O)C(=O)Nc2ccc([N+](=O)[O-])c(C(F)(F)F)c2)c(O)c1. The zero-order valence-corrected chi connectivity index (χ0v) is 16.7. The van der Waals surface area contributed by atoms with Crippen LogP contribution in [0.15, 0.2) is 36.4 Å². The lowest BCUT2D eigenvalue weighted by molar-refractivity contribution is -0.388. The van der Waals surface area contributed by atoms with Gasteiger partial charge in [0.05, 0.1) is 4.92 Å². The number of nitro benzene ring substituents is 1. The number of anilines is 2. The summed E-state index contributed by atoms with van der Waals surface area (Å²) in [5.74, 6) is -2.08. The number of halogens is 3. The average molecular weight is 457 g/mol. The Morgan fingerprint density at radius 2 is 1.72 bits per heavy atom. The van der Waals surface area contributed by atoms with E-state index < -0.39 is 51.9 Å². The van der Waals surface area contributed by atoms with Crippen LogP contribution >= 0.6 is 0 Å². The monoisotopic (exact) mass is 457 g/mol. The van der Waals surface area contributed by atoms with Crippen molar-refractivity contribution in [2.45, 2.75) is 25.6 Å². The van der Waals surface area contributed by atoms with Crippen LogP contribution in [0.5, 0.6) is 11.5 Å². The van der Waals surface area contributed by atoms with Crippen molar-refractivity contribution in [3.05, 3.63) is 52.1 Å². The number of benzene rings is 2. The van der Waals surface area contributed by atoms with Gasteiger partial charge in [-0.15, -0.1) is 0 Å². The first-order valence-electron chi connectivity index (χ1n) is 8.83. The van der Waals surface area contributed by atoms with Gasteiger partial charge in [-0.2, -0.15) is 13.2 Å². The second-order valence-electron chi connectivity index (χ2n) is 6.87. The van der Waals surface area contributed by atoms with Crippen LogP contribution in [0.4, 0.5) is 30.2 Å². The molecule has 0 aliphatic carbocycles. The highest BCUT2D eigenvalue weighted by atomic mass is 19.4. The van der Waals surface area contributed by atoms with E-state index in [4.69, 9.17) is 4.74 Å². The predicted molar refractivity (Wildman–Crippen MR) is 105 cm³/mol. The first kappa shape index (κ1) is 24.4. The molecule has 0 radical (unpaired) electrons. The Morgan fingerprint density at radius 3 is 2.25 bits per heavy atom. The topological polar surface area (TPSA) is 151 Å². The molecular weight excluding hydrogens is 439 g/mol. The fraction of sp³-hybridized carbons (Fsp3) is 0.263. The molecular formula is C19H18F3N3O7. The van der Waals surface area contributed by atoms with E-state index >= 15 is 0 Å². The standard InChI is InChI=1S/C19H18F3N3O7/c1-10(26)23-12-4-6-16(15(27)8-12)32-9-18(2,29)17(28)24-11-3-5-14(25(30)31)13(7-11)19(20,21)22/h3-8,27,29H,9H2,1-2H3,(H,23,26)(H,24,28)/t18-/m0/s1. The van der Waals surface area contributed by atoms with Crippen molar-refractivity contribution in [2.24, 2.45) is 0 Å². The second kappa shape index (κ2) is 9.09. The number of carbonyl (C=O) groups excluding carboxylic acids is 2. The lowest BCUT2D eigenvalue weighted by Crippen LogP contribution is -2.45. The Labute approximate surface area is 178 Å². The molecule has 0 saturated carbocycles. The number of phenolic OH excluding ortho intramolecular Hbond substituents is 1. The van der Waals surface area contributed by atoms with Gasteiger partial charge in [0.1, 0.15) is 12.2 Å². The largest absolute Gasteiger partial charge is 0.504 e. The molecule has 2 aromatic carbocycles. The number of amides is 2. The van der Waals surface area contributed by atoms with E-state index in [-0.39, 0.29) is 17.3 Å². The second-order valence-corrected chi connectivity index (χ2v) is 6.87. The minimum atomic E-state index is -5.05. The molecule has 4 N–H and O–H groups in total. The summed E-state index contributed by atoms with van der Waals surface area (Å²) in [6, 6.07) is 5.66. The van der Waals surface area contributed by atoms with Crippen LogP contribution in [-0.4, -0.2) is 39.2 Å². The van der Waals surface area contributed by atoms with Crippen LogP contribution in [0, 0.1) is 10.1 Å². The molecule has 0 saturated heterocycles. The number of nitrogens with zero attached hydrogens (tertiary/aromatic N) is 1. The molecule has 0 aliphatic rings. The maximum atomic E-state index is 13.1. The van der Waals surface area contributed by atoms with Crippen molar-refractivity contribution in [3.63, 3.8) is 0 Å². The molecule has 172 valence electrons. The van der Waals surface area contributed by atoms with Gasteiger partial charge >= 0.3 is 6.18 Å². The third kappa shape index (κ3) is 6.07. The number of aromatic hydroxyl groups is 1. The quantitative estimate of drug-likeness (QED) is 0.368. The summed E-state index contributed by atoms with van der Waals surface area (Å²) in [7, 11) is 0. The highest BCUT2D eigenvalue weighted by Gasteiger charge is 2.39. The Bertz CT molecular complexity index is 1050. The number of hydrogen-bond donors (Lipinski definition) is 4. The number of aliphatic hydroxyl groups is 1. The molecule has 10 nitrogen and oxygen atoms in total. The fourth-order valence-corrected chi connectivity index (χ4v) is 2.47. The highest BCUT2D eigenvalue weighted by Crippen LogP contribution is 2.37. The maximum absolute atomic E-state index is 13.1. The summed E-state index contributed by atoms with van der Waals surface area (Å²) in [6.07, 6.45) is -5.05. The van der Waals surface area contributed by atoms with Gasteiger partial charge in [-0.1, -0.05) is 0 Å². The smallest absolute Gasteiger partial charge is 0.423 e. The Balaban J connectivity index is 2.13. The molecule has 2 aromatic rings. The molecule has 32 heavy (non-hydrogen) atoms. The first-order chi connectivity index (χ1) is 14.7. The van der Waals surface area contributed by atoms with Crippen molar-refractivity contribution in [1.29, 1.82) is 0 Å². The van der Waals surface area contributed by atoms with Gasteiger partial charge in [0.15, 0.2) is 17.1 Å². The van der Waals surface area contributed by atoms with E-state index in [9.17, 15) is 43.1 Å². The molecule has 0 spiro atoms. The minimum Gasteiger partial charge on any atom is -0.504 e. The number of phenols is 1. The molecule has 2 rings (SSSR count). The maximum Gasteiger partial charge on any atom is 0.423 e. The van der Waals surface area contributed by atoms with Crippen molar-refractivity contribution in [1.82, 2.24) is 0 Å². The normalized spacial score (nSPS) is 13.1. The van der Waals surface area contributed by atoms with Gasteiger partial charge in [-0.25, -0.2) is 0 Å². The summed E-state index contributed by atoms with van der Waals surface area (Å²) in [5.41, 5.74) is -5.19. The predicted octanol–water partition coefficient (Wildman–Crippen LogP) is 3.05. The molecule has 0 bridgehead atoms. The Hall–Kier alpha value is -3.87. The van der Waals surface area contributed by atoms with Crippen LogP contribution in [0.25, 0.3) is 0 Å². The van der Waals surface area contributed by atoms with E-state index in [0.29, 0.717) is 12.1 Å². The molecule has 0 unspecified atom stereocenters. The molecule has 2 amide bonds.